The molecule has 0 aromatic heterocycles. The molecule has 0 aliphatic carbocycles. The van der Waals surface area contributed by atoms with Crippen molar-refractivity contribution in [2.45, 2.75) is 24.7 Å². The van der Waals surface area contributed by atoms with Crippen LogP contribution in [0.3, 0.4) is 0 Å². The molecule has 3 N–H and O–H groups in total. The van der Waals surface area contributed by atoms with Gasteiger partial charge in [0.15, 0.2) is 0 Å². The summed E-state index contributed by atoms with van der Waals surface area (Å²) in [6.07, 6.45) is 1.61. The molecule has 9 heteroatoms. The van der Waals surface area contributed by atoms with Crippen molar-refractivity contribution in [2.24, 2.45) is 0 Å². The summed E-state index contributed by atoms with van der Waals surface area (Å²) in [6.45, 7) is 2.33. The van der Waals surface area contributed by atoms with Crippen LogP contribution in [0, 0.1) is 5.82 Å². The molecule has 144 valence electrons. The normalized spacial score (nSPS) is 10.9. The number of halogens is 1. The monoisotopic (exact) mass is 393 g/mol. The molecule has 0 atom stereocenters. The molecule has 0 aliphatic rings. The number of carbonyl (C=O) groups is 2. The summed E-state index contributed by atoms with van der Waals surface area (Å²) in [7, 11) is -4.02. The van der Waals surface area contributed by atoms with Crippen molar-refractivity contribution in [1.82, 2.24) is 10.0 Å². The molecular formula is C18H20FN3O4S. The average molecular weight is 393 g/mol. The van der Waals surface area contributed by atoms with Crippen molar-refractivity contribution >= 4 is 27.6 Å². The lowest BCUT2D eigenvalue weighted by atomic mass is 10.2. The Morgan fingerprint density at radius 2 is 1.78 bits per heavy atom. The van der Waals surface area contributed by atoms with Crippen LogP contribution in [0.4, 0.5) is 14.9 Å². The van der Waals surface area contributed by atoms with E-state index in [4.69, 9.17) is 0 Å². The molecule has 0 unspecified atom stereocenters. The molecule has 0 aliphatic heterocycles. The minimum Gasteiger partial charge on any atom is -0.337 e. The number of hydrogen-bond acceptors (Lipinski definition) is 4. The summed E-state index contributed by atoms with van der Waals surface area (Å²) >= 11 is 0. The van der Waals surface area contributed by atoms with E-state index in [0.717, 1.165) is 18.9 Å². The second-order valence-electron chi connectivity index (χ2n) is 5.70. The van der Waals surface area contributed by atoms with Gasteiger partial charge in [0.1, 0.15) is 5.82 Å². The maximum Gasteiger partial charge on any atom is 0.328 e. The topological polar surface area (TPSA) is 104 Å². The largest absolute Gasteiger partial charge is 0.337 e. The number of amides is 3. The first-order valence-electron chi connectivity index (χ1n) is 8.29. The quantitative estimate of drug-likeness (QED) is 0.629. The van der Waals surface area contributed by atoms with Crippen molar-refractivity contribution in [2.75, 3.05) is 11.9 Å². The first kappa shape index (κ1) is 20.4. The molecule has 0 heterocycles. The van der Waals surface area contributed by atoms with Gasteiger partial charge >= 0.3 is 6.03 Å². The molecular weight excluding hydrogens is 373 g/mol. The number of carbonyl (C=O) groups excluding carboxylic acids is 2. The zero-order chi connectivity index (χ0) is 19.9. The van der Waals surface area contributed by atoms with E-state index in [1.54, 1.807) is 0 Å². The lowest BCUT2D eigenvalue weighted by Gasteiger charge is -2.09. The third-order valence-electron chi connectivity index (χ3n) is 3.55. The van der Waals surface area contributed by atoms with Crippen LogP contribution in [0.15, 0.2) is 53.4 Å². The van der Waals surface area contributed by atoms with E-state index in [1.807, 2.05) is 11.6 Å². The Labute approximate surface area is 157 Å². The number of urea groups is 1. The fraction of sp³-hybridized carbons (Fsp3) is 0.222. The molecule has 2 aromatic carbocycles. The van der Waals surface area contributed by atoms with Gasteiger partial charge in [0.05, 0.1) is 4.90 Å². The second-order valence-corrected chi connectivity index (χ2v) is 7.39. The van der Waals surface area contributed by atoms with Crippen molar-refractivity contribution < 1.29 is 22.4 Å². The van der Waals surface area contributed by atoms with Gasteiger partial charge in [0.25, 0.3) is 15.9 Å². The third kappa shape index (κ3) is 6.07. The van der Waals surface area contributed by atoms with Gasteiger partial charge in [-0.1, -0.05) is 19.4 Å². The highest BCUT2D eigenvalue weighted by Gasteiger charge is 2.17. The summed E-state index contributed by atoms with van der Waals surface area (Å²) in [4.78, 5) is 23.5. The molecule has 3 amide bonds. The molecule has 0 saturated carbocycles. The summed E-state index contributed by atoms with van der Waals surface area (Å²) < 4.78 is 39.4. The Balaban J connectivity index is 2.01. The Morgan fingerprint density at radius 1 is 1.07 bits per heavy atom. The van der Waals surface area contributed by atoms with Crippen LogP contribution in [0.1, 0.15) is 30.1 Å². The van der Waals surface area contributed by atoms with Gasteiger partial charge in [0, 0.05) is 17.8 Å². The molecule has 0 radical (unpaired) electrons. The van der Waals surface area contributed by atoms with Crippen LogP contribution in [-0.2, 0) is 10.0 Å². The molecule has 0 saturated heterocycles. The van der Waals surface area contributed by atoms with Gasteiger partial charge in [-0.2, -0.15) is 0 Å². The molecule has 0 fully saturated rings. The number of sulfonamides is 1. The molecule has 27 heavy (non-hydrogen) atoms. The predicted molar refractivity (Wildman–Crippen MR) is 99.4 cm³/mol. The molecule has 0 bridgehead atoms. The zero-order valence-electron chi connectivity index (χ0n) is 14.7. The van der Waals surface area contributed by atoms with Crippen molar-refractivity contribution in [3.63, 3.8) is 0 Å². The maximum absolute atomic E-state index is 13.2. The molecule has 2 rings (SSSR count). The highest BCUT2D eigenvalue weighted by Crippen LogP contribution is 2.15. The first-order chi connectivity index (χ1) is 12.8. The fourth-order valence-corrected chi connectivity index (χ4v) is 3.07. The summed E-state index contributed by atoms with van der Waals surface area (Å²) in [5.74, 6) is -1.06. The van der Waals surface area contributed by atoms with Crippen LogP contribution >= 0.6 is 0 Å². The Morgan fingerprint density at radius 3 is 2.41 bits per heavy atom. The van der Waals surface area contributed by atoms with Gasteiger partial charge in [-0.05, 0) is 48.9 Å². The smallest absolute Gasteiger partial charge is 0.328 e. The second kappa shape index (κ2) is 9.13. The van der Waals surface area contributed by atoms with E-state index in [9.17, 15) is 22.4 Å². The molecule has 0 spiro atoms. The van der Waals surface area contributed by atoms with Crippen LogP contribution in [-0.4, -0.2) is 26.9 Å². The van der Waals surface area contributed by atoms with E-state index in [2.05, 4.69) is 10.6 Å². The number of hydrogen-bond donors (Lipinski definition) is 3. The highest BCUT2D eigenvalue weighted by atomic mass is 32.2. The van der Waals surface area contributed by atoms with Crippen LogP contribution in [0.5, 0.6) is 0 Å². The van der Waals surface area contributed by atoms with Gasteiger partial charge < -0.3 is 10.6 Å². The Hall–Kier alpha value is -2.94. The summed E-state index contributed by atoms with van der Waals surface area (Å²) in [6, 6.07) is 9.65. The summed E-state index contributed by atoms with van der Waals surface area (Å²) in [5, 5.41) is 4.99. The van der Waals surface area contributed by atoms with E-state index in [-0.39, 0.29) is 10.5 Å². The van der Waals surface area contributed by atoms with Crippen molar-refractivity contribution in [3.8, 4) is 0 Å². The SMILES string of the molecule is CCCCNC(=O)NS(=O)(=O)c1ccc(NC(=O)c2cccc(F)c2)cc1. The van der Waals surface area contributed by atoms with Crippen LogP contribution in [0.2, 0.25) is 0 Å². The van der Waals surface area contributed by atoms with E-state index in [0.29, 0.717) is 12.2 Å². The van der Waals surface area contributed by atoms with Gasteiger partial charge in [-0.3, -0.25) is 4.79 Å². The third-order valence-corrected chi connectivity index (χ3v) is 4.90. The number of anilines is 1. The summed E-state index contributed by atoms with van der Waals surface area (Å²) in [5.41, 5.74) is 0.465. The lowest BCUT2D eigenvalue weighted by molar-refractivity contribution is 0.102. The van der Waals surface area contributed by atoms with E-state index >= 15 is 0 Å². The maximum atomic E-state index is 13.2. The number of benzene rings is 2. The lowest BCUT2D eigenvalue weighted by Crippen LogP contribution is -2.39. The number of rotatable bonds is 7. The average Bonchev–Trinajstić information content (AvgIpc) is 2.62. The first-order valence-corrected chi connectivity index (χ1v) is 9.78. The van der Waals surface area contributed by atoms with Gasteiger partial charge in [-0.15, -0.1) is 0 Å². The number of nitrogens with one attached hydrogen (secondary N) is 3. The molecule has 7 nitrogen and oxygen atoms in total. The minimum absolute atomic E-state index is 0.128. The zero-order valence-corrected chi connectivity index (χ0v) is 15.5. The Kier molecular flexibility index (Phi) is 6.89. The fourth-order valence-electron chi connectivity index (χ4n) is 2.15. The van der Waals surface area contributed by atoms with E-state index < -0.39 is 27.8 Å². The standard InChI is InChI=1S/C18H20FN3O4S/c1-2-3-11-20-18(24)22-27(25,26)16-9-7-15(8-10-16)21-17(23)13-5-4-6-14(19)12-13/h4-10,12H,2-3,11H2,1H3,(H,21,23)(H2,20,22,24). The van der Waals surface area contributed by atoms with Gasteiger partial charge in [0.2, 0.25) is 0 Å². The highest BCUT2D eigenvalue weighted by molar-refractivity contribution is 7.90. The molecule has 2 aromatic rings. The minimum atomic E-state index is -4.02. The number of unbranched alkanes of at least 4 members (excludes halogenated alkanes) is 1. The Bertz CT molecular complexity index is 914. The van der Waals surface area contributed by atoms with E-state index in [1.165, 1.54) is 42.5 Å². The predicted octanol–water partition coefficient (Wildman–Crippen LogP) is 2.87. The van der Waals surface area contributed by atoms with Crippen LogP contribution < -0.4 is 15.4 Å². The van der Waals surface area contributed by atoms with Gasteiger partial charge in [-0.25, -0.2) is 22.3 Å². The van der Waals surface area contributed by atoms with Crippen molar-refractivity contribution in [3.05, 3.63) is 59.9 Å². The van der Waals surface area contributed by atoms with Crippen LogP contribution in [0.25, 0.3) is 0 Å². The van der Waals surface area contributed by atoms with Crippen molar-refractivity contribution in [1.29, 1.82) is 0 Å².